The highest BCUT2D eigenvalue weighted by atomic mass is 32.2. The van der Waals surface area contributed by atoms with Gasteiger partial charge in [-0.3, -0.25) is 0 Å². The van der Waals surface area contributed by atoms with Gasteiger partial charge in [0.1, 0.15) is 10.6 Å². The zero-order valence-electron chi connectivity index (χ0n) is 12.6. The minimum atomic E-state index is -3.64. The first-order chi connectivity index (χ1) is 9.77. The molecule has 1 N–H and O–H groups in total. The molecule has 1 aliphatic rings. The molecule has 1 aromatic rings. The minimum Gasteiger partial charge on any atom is -0.477 e. The molecule has 0 amide bonds. The summed E-state index contributed by atoms with van der Waals surface area (Å²) >= 11 is 0. The molecular weight excluding hydrogens is 292 g/mol. The molecule has 6 nitrogen and oxygen atoms in total. The molecule has 1 unspecified atom stereocenters. The summed E-state index contributed by atoms with van der Waals surface area (Å²) in [6.07, 6.45) is 4.15. The van der Waals surface area contributed by atoms with Crippen LogP contribution in [0, 0.1) is 5.92 Å². The van der Waals surface area contributed by atoms with Gasteiger partial charge in [-0.05, 0) is 24.8 Å². The summed E-state index contributed by atoms with van der Waals surface area (Å²) in [7, 11) is -2.10. The Balaban J connectivity index is 2.32. The van der Waals surface area contributed by atoms with Crippen molar-refractivity contribution >= 4 is 16.0 Å². The third kappa shape index (κ3) is 3.29. The summed E-state index contributed by atoms with van der Waals surface area (Å²) in [6, 6.07) is 1.39. The Bertz CT molecular complexity index is 631. The molecule has 0 spiro atoms. The summed E-state index contributed by atoms with van der Waals surface area (Å²) in [6.45, 7) is 4.43. The zero-order valence-corrected chi connectivity index (χ0v) is 13.4. The van der Waals surface area contributed by atoms with E-state index in [0.717, 1.165) is 19.3 Å². The first-order valence-electron chi connectivity index (χ1n) is 7.18. The van der Waals surface area contributed by atoms with Gasteiger partial charge >= 0.3 is 5.97 Å². The molecule has 1 atom stereocenters. The van der Waals surface area contributed by atoms with E-state index in [0.29, 0.717) is 6.54 Å². The van der Waals surface area contributed by atoms with Crippen LogP contribution in [0.25, 0.3) is 0 Å². The average Bonchev–Trinajstić information content (AvgIpc) is 3.16. The second kappa shape index (κ2) is 5.81. The predicted octanol–water partition coefficient (Wildman–Crippen LogP) is 2.19. The van der Waals surface area contributed by atoms with Crippen LogP contribution in [0.3, 0.4) is 0 Å². The summed E-state index contributed by atoms with van der Waals surface area (Å²) in [5.41, 5.74) is 0.0491. The average molecular weight is 314 g/mol. The predicted molar refractivity (Wildman–Crippen MR) is 78.9 cm³/mol. The van der Waals surface area contributed by atoms with Crippen LogP contribution in [0.5, 0.6) is 0 Å². The van der Waals surface area contributed by atoms with Crippen LogP contribution < -0.4 is 0 Å². The van der Waals surface area contributed by atoms with Crippen LogP contribution in [0.15, 0.2) is 17.2 Å². The Morgan fingerprint density at radius 3 is 2.62 bits per heavy atom. The number of hydrogen-bond acceptors (Lipinski definition) is 3. The molecule has 7 heteroatoms. The summed E-state index contributed by atoms with van der Waals surface area (Å²) < 4.78 is 27.9. The van der Waals surface area contributed by atoms with Crippen molar-refractivity contribution in [3.8, 4) is 0 Å². The lowest BCUT2D eigenvalue weighted by molar-refractivity contribution is 0.0685. The van der Waals surface area contributed by atoms with E-state index >= 15 is 0 Å². The molecule has 0 aliphatic heterocycles. The van der Waals surface area contributed by atoms with Crippen molar-refractivity contribution in [3.63, 3.8) is 0 Å². The highest BCUT2D eigenvalue weighted by Gasteiger charge is 2.31. The van der Waals surface area contributed by atoms with Gasteiger partial charge < -0.3 is 9.67 Å². The number of carboxylic acids is 1. The van der Waals surface area contributed by atoms with Crippen molar-refractivity contribution < 1.29 is 18.3 Å². The Kier molecular flexibility index (Phi) is 4.43. The SMILES string of the molecule is CCC(C)CN(C)S(=O)(=O)c1cc(C(=O)O)n(C2CC2)c1. The third-order valence-electron chi connectivity index (χ3n) is 3.96. The van der Waals surface area contributed by atoms with Crippen LogP contribution in [-0.2, 0) is 10.0 Å². The molecule has 0 radical (unpaired) electrons. The maximum atomic E-state index is 12.5. The van der Waals surface area contributed by atoms with Crippen molar-refractivity contribution in [2.45, 2.75) is 44.0 Å². The van der Waals surface area contributed by atoms with Crippen LogP contribution in [0.1, 0.15) is 49.6 Å². The van der Waals surface area contributed by atoms with E-state index in [4.69, 9.17) is 0 Å². The summed E-state index contributed by atoms with van der Waals surface area (Å²) in [5.74, 6) is -0.831. The number of carbonyl (C=O) groups is 1. The summed E-state index contributed by atoms with van der Waals surface area (Å²) in [4.78, 5) is 11.3. The first kappa shape index (κ1) is 16.0. The fraction of sp³-hybridized carbons (Fsp3) is 0.643. The zero-order chi connectivity index (χ0) is 15.8. The molecule has 0 bridgehead atoms. The standard InChI is InChI=1S/C14H22N2O4S/c1-4-10(2)8-15(3)21(19,20)12-7-13(14(17)18)16(9-12)11-5-6-11/h7,9-11H,4-6,8H2,1-3H3,(H,17,18). The molecule has 118 valence electrons. The number of sulfonamides is 1. The molecule has 0 saturated heterocycles. The topological polar surface area (TPSA) is 79.6 Å². The van der Waals surface area contributed by atoms with Crippen molar-refractivity contribution in [1.29, 1.82) is 0 Å². The first-order valence-corrected chi connectivity index (χ1v) is 8.62. The van der Waals surface area contributed by atoms with Gasteiger partial charge in [-0.2, -0.15) is 0 Å². The smallest absolute Gasteiger partial charge is 0.352 e. The van der Waals surface area contributed by atoms with Crippen LogP contribution in [-0.4, -0.2) is 42.0 Å². The Morgan fingerprint density at radius 2 is 2.14 bits per heavy atom. The number of aromatic nitrogens is 1. The molecule has 1 aliphatic carbocycles. The second-order valence-corrected chi connectivity index (χ2v) is 7.85. The largest absolute Gasteiger partial charge is 0.477 e. The van der Waals surface area contributed by atoms with Crippen molar-refractivity contribution in [2.24, 2.45) is 5.92 Å². The third-order valence-corrected chi connectivity index (χ3v) is 5.75. The number of hydrogen-bond donors (Lipinski definition) is 1. The normalized spacial score (nSPS) is 17.1. The van der Waals surface area contributed by atoms with Crippen LogP contribution >= 0.6 is 0 Å². The number of aromatic carboxylic acids is 1. The lowest BCUT2D eigenvalue weighted by atomic mass is 10.1. The molecule has 1 fully saturated rings. The lowest BCUT2D eigenvalue weighted by Gasteiger charge is -2.19. The molecule has 1 aromatic heterocycles. The number of nitrogens with zero attached hydrogens (tertiary/aromatic N) is 2. The number of rotatable bonds is 7. The molecule has 1 heterocycles. The van der Waals surface area contributed by atoms with E-state index in [2.05, 4.69) is 0 Å². The maximum Gasteiger partial charge on any atom is 0.352 e. The van der Waals surface area contributed by atoms with Gasteiger partial charge in [-0.1, -0.05) is 20.3 Å². The van der Waals surface area contributed by atoms with E-state index < -0.39 is 16.0 Å². The van der Waals surface area contributed by atoms with Crippen molar-refractivity contribution in [2.75, 3.05) is 13.6 Å². The molecular formula is C14H22N2O4S. The van der Waals surface area contributed by atoms with Gasteiger partial charge in [0, 0.05) is 25.8 Å². The molecule has 1 saturated carbocycles. The van der Waals surface area contributed by atoms with E-state index in [9.17, 15) is 18.3 Å². The van der Waals surface area contributed by atoms with E-state index in [1.807, 2.05) is 13.8 Å². The Morgan fingerprint density at radius 1 is 1.52 bits per heavy atom. The van der Waals surface area contributed by atoms with Gasteiger partial charge in [-0.25, -0.2) is 17.5 Å². The van der Waals surface area contributed by atoms with Crippen LogP contribution in [0.4, 0.5) is 0 Å². The van der Waals surface area contributed by atoms with Crippen molar-refractivity contribution in [3.05, 3.63) is 18.0 Å². The summed E-state index contributed by atoms with van der Waals surface area (Å²) in [5, 5.41) is 9.21. The lowest BCUT2D eigenvalue weighted by Crippen LogP contribution is -2.30. The minimum absolute atomic E-state index is 0.0491. The molecule has 2 rings (SSSR count). The molecule has 0 aromatic carbocycles. The number of carboxylic acid groups (broad SMARTS) is 1. The fourth-order valence-electron chi connectivity index (χ4n) is 2.27. The maximum absolute atomic E-state index is 12.5. The quantitative estimate of drug-likeness (QED) is 0.836. The van der Waals surface area contributed by atoms with Gasteiger partial charge in [0.15, 0.2) is 0 Å². The fourth-order valence-corrected chi connectivity index (χ4v) is 3.59. The Labute approximate surface area is 125 Å². The molecule has 21 heavy (non-hydrogen) atoms. The Hall–Kier alpha value is -1.34. The monoisotopic (exact) mass is 314 g/mol. The van der Waals surface area contributed by atoms with E-state index in [1.54, 1.807) is 4.57 Å². The van der Waals surface area contributed by atoms with Gasteiger partial charge in [0.25, 0.3) is 0 Å². The highest BCUT2D eigenvalue weighted by Crippen LogP contribution is 2.37. The van der Waals surface area contributed by atoms with E-state index in [1.165, 1.54) is 23.6 Å². The van der Waals surface area contributed by atoms with Crippen molar-refractivity contribution in [1.82, 2.24) is 8.87 Å². The van der Waals surface area contributed by atoms with Crippen LogP contribution in [0.2, 0.25) is 0 Å². The van der Waals surface area contributed by atoms with Gasteiger partial charge in [0.05, 0.1) is 0 Å². The highest BCUT2D eigenvalue weighted by molar-refractivity contribution is 7.89. The van der Waals surface area contributed by atoms with Gasteiger partial charge in [0.2, 0.25) is 10.0 Å². The van der Waals surface area contributed by atoms with Gasteiger partial charge in [-0.15, -0.1) is 0 Å². The second-order valence-electron chi connectivity index (χ2n) is 5.80. The van der Waals surface area contributed by atoms with E-state index in [-0.39, 0.29) is 22.5 Å².